The van der Waals surface area contributed by atoms with Crippen LogP contribution in [-0.4, -0.2) is 12.6 Å². The second kappa shape index (κ2) is 4.74. The van der Waals surface area contributed by atoms with Gasteiger partial charge in [0, 0.05) is 12.8 Å². The second-order valence-electron chi connectivity index (χ2n) is 3.22. The van der Waals surface area contributed by atoms with Crippen LogP contribution in [-0.2, 0) is 4.79 Å². The summed E-state index contributed by atoms with van der Waals surface area (Å²) in [7, 11) is 0. The molecule has 0 aliphatic heterocycles. The van der Waals surface area contributed by atoms with E-state index < -0.39 is 6.67 Å². The first kappa shape index (κ1) is 10.7. The molecule has 0 aliphatic rings. The zero-order valence-electron chi connectivity index (χ0n) is 8.29. The maximum Gasteiger partial charge on any atom is 0.308 e. The van der Waals surface area contributed by atoms with Crippen molar-refractivity contribution in [3.8, 4) is 5.75 Å². The Labute approximate surface area is 82.7 Å². The van der Waals surface area contributed by atoms with Gasteiger partial charge in [-0.25, -0.2) is 0 Å². The van der Waals surface area contributed by atoms with Gasteiger partial charge >= 0.3 is 5.97 Å². The summed E-state index contributed by atoms with van der Waals surface area (Å²) in [5.41, 5.74) is 0.839. The number of hydrogen-bond acceptors (Lipinski definition) is 2. The normalized spacial score (nSPS) is 12.2. The predicted molar refractivity (Wildman–Crippen MR) is 52.1 cm³/mol. The van der Waals surface area contributed by atoms with Crippen LogP contribution in [0.3, 0.4) is 0 Å². The molecule has 14 heavy (non-hydrogen) atoms. The van der Waals surface area contributed by atoms with E-state index in [-0.39, 0.29) is 11.9 Å². The van der Waals surface area contributed by atoms with Crippen LogP contribution in [0.25, 0.3) is 0 Å². The van der Waals surface area contributed by atoms with Gasteiger partial charge in [-0.15, -0.1) is 0 Å². The third kappa shape index (κ3) is 2.83. The summed E-state index contributed by atoms with van der Waals surface area (Å²) in [4.78, 5) is 10.7. The minimum Gasteiger partial charge on any atom is -0.427 e. The molecule has 0 saturated heterocycles. The smallest absolute Gasteiger partial charge is 0.308 e. The highest BCUT2D eigenvalue weighted by Gasteiger charge is 2.06. The van der Waals surface area contributed by atoms with Crippen LogP contribution in [0.2, 0.25) is 0 Å². The summed E-state index contributed by atoms with van der Waals surface area (Å²) in [6.45, 7) is 2.71. The number of carbonyl (C=O) groups is 1. The van der Waals surface area contributed by atoms with Gasteiger partial charge in [-0.1, -0.05) is 19.1 Å². The Morgan fingerprint density at radius 3 is 2.86 bits per heavy atom. The molecular formula is C11H13FO2. The summed E-state index contributed by atoms with van der Waals surface area (Å²) in [5, 5.41) is 0. The lowest BCUT2D eigenvalue weighted by Gasteiger charge is -2.08. The largest absolute Gasteiger partial charge is 0.427 e. The van der Waals surface area contributed by atoms with E-state index in [4.69, 9.17) is 4.74 Å². The van der Waals surface area contributed by atoms with Crippen LogP contribution in [0.5, 0.6) is 5.75 Å². The van der Waals surface area contributed by atoms with Gasteiger partial charge in [-0.3, -0.25) is 9.18 Å². The first-order valence-electron chi connectivity index (χ1n) is 4.48. The minimum absolute atomic E-state index is 0.162. The van der Waals surface area contributed by atoms with Crippen LogP contribution in [0.15, 0.2) is 24.3 Å². The van der Waals surface area contributed by atoms with Gasteiger partial charge in [0.2, 0.25) is 0 Å². The molecular weight excluding hydrogens is 183 g/mol. The van der Waals surface area contributed by atoms with Gasteiger partial charge in [0.25, 0.3) is 0 Å². The lowest BCUT2D eigenvalue weighted by molar-refractivity contribution is -0.131. The Kier molecular flexibility index (Phi) is 3.63. The number of esters is 1. The Morgan fingerprint density at radius 1 is 1.57 bits per heavy atom. The van der Waals surface area contributed by atoms with Gasteiger partial charge in [-0.2, -0.15) is 0 Å². The van der Waals surface area contributed by atoms with E-state index >= 15 is 0 Å². The number of hydrogen-bond donors (Lipinski definition) is 0. The Balaban J connectivity index is 2.83. The molecule has 0 aliphatic carbocycles. The average Bonchev–Trinajstić information content (AvgIpc) is 2.16. The van der Waals surface area contributed by atoms with Crippen molar-refractivity contribution >= 4 is 5.97 Å². The molecule has 0 bridgehead atoms. The lowest BCUT2D eigenvalue weighted by Crippen LogP contribution is -2.02. The van der Waals surface area contributed by atoms with Crippen molar-refractivity contribution in [1.29, 1.82) is 0 Å². The molecule has 1 atom stereocenters. The monoisotopic (exact) mass is 196 g/mol. The average molecular weight is 196 g/mol. The molecule has 1 aromatic rings. The number of rotatable bonds is 3. The van der Waals surface area contributed by atoms with Gasteiger partial charge < -0.3 is 4.74 Å². The fourth-order valence-corrected chi connectivity index (χ4v) is 1.14. The summed E-state index contributed by atoms with van der Waals surface area (Å²) in [6, 6.07) is 6.93. The third-order valence-corrected chi connectivity index (χ3v) is 1.92. The fraction of sp³-hybridized carbons (Fsp3) is 0.364. The molecule has 0 saturated carbocycles. The predicted octanol–water partition coefficient (Wildman–Crippen LogP) is 2.68. The highest BCUT2D eigenvalue weighted by atomic mass is 19.1. The van der Waals surface area contributed by atoms with Crippen LogP contribution in [0, 0.1) is 0 Å². The highest BCUT2D eigenvalue weighted by Crippen LogP contribution is 2.20. The van der Waals surface area contributed by atoms with Crippen molar-refractivity contribution in [2.75, 3.05) is 6.67 Å². The third-order valence-electron chi connectivity index (χ3n) is 1.92. The van der Waals surface area contributed by atoms with E-state index in [1.165, 1.54) is 6.92 Å². The lowest BCUT2D eigenvalue weighted by atomic mass is 10.0. The standard InChI is InChI=1S/C11H13FO2/c1-8(7-12)10-4-3-5-11(6-10)14-9(2)13/h3-6,8H,7H2,1-2H3. The van der Waals surface area contributed by atoms with E-state index in [0.717, 1.165) is 5.56 Å². The Morgan fingerprint density at radius 2 is 2.29 bits per heavy atom. The highest BCUT2D eigenvalue weighted by molar-refractivity contribution is 5.69. The SMILES string of the molecule is CC(=O)Oc1cccc(C(C)CF)c1. The van der Waals surface area contributed by atoms with Crippen LogP contribution in [0.1, 0.15) is 25.3 Å². The van der Waals surface area contributed by atoms with E-state index in [1.807, 2.05) is 6.07 Å². The van der Waals surface area contributed by atoms with E-state index in [9.17, 15) is 9.18 Å². The Bertz CT molecular complexity index is 323. The number of carbonyl (C=O) groups excluding carboxylic acids is 1. The summed E-state index contributed by atoms with van der Waals surface area (Å²) < 4.78 is 17.2. The molecule has 0 aromatic heterocycles. The fourth-order valence-electron chi connectivity index (χ4n) is 1.14. The van der Waals surface area contributed by atoms with Crippen LogP contribution < -0.4 is 4.74 Å². The number of alkyl halides is 1. The maximum atomic E-state index is 12.4. The molecule has 1 aromatic carbocycles. The molecule has 76 valence electrons. The van der Waals surface area contributed by atoms with Crippen molar-refractivity contribution in [3.05, 3.63) is 29.8 Å². The van der Waals surface area contributed by atoms with Crippen molar-refractivity contribution in [2.24, 2.45) is 0 Å². The van der Waals surface area contributed by atoms with E-state index in [0.29, 0.717) is 5.75 Å². The minimum atomic E-state index is -0.413. The second-order valence-corrected chi connectivity index (χ2v) is 3.22. The van der Waals surface area contributed by atoms with Crippen molar-refractivity contribution in [3.63, 3.8) is 0 Å². The summed E-state index contributed by atoms with van der Waals surface area (Å²) in [5.74, 6) is -0.0594. The zero-order valence-corrected chi connectivity index (χ0v) is 8.29. The molecule has 1 rings (SSSR count). The van der Waals surface area contributed by atoms with E-state index in [1.54, 1.807) is 25.1 Å². The van der Waals surface area contributed by atoms with Gasteiger partial charge in [0.15, 0.2) is 0 Å². The quantitative estimate of drug-likeness (QED) is 0.548. The van der Waals surface area contributed by atoms with Crippen LogP contribution in [0.4, 0.5) is 4.39 Å². The molecule has 0 heterocycles. The number of halogens is 1. The molecule has 0 fully saturated rings. The molecule has 3 heteroatoms. The van der Waals surface area contributed by atoms with Crippen molar-refractivity contribution < 1.29 is 13.9 Å². The Hall–Kier alpha value is -1.38. The molecule has 2 nitrogen and oxygen atoms in total. The molecule has 0 radical (unpaired) electrons. The van der Waals surface area contributed by atoms with Crippen LogP contribution >= 0.6 is 0 Å². The molecule has 0 N–H and O–H groups in total. The first-order valence-corrected chi connectivity index (χ1v) is 4.48. The van der Waals surface area contributed by atoms with E-state index in [2.05, 4.69) is 0 Å². The maximum absolute atomic E-state index is 12.4. The molecule has 0 amide bonds. The number of benzene rings is 1. The van der Waals surface area contributed by atoms with Crippen molar-refractivity contribution in [2.45, 2.75) is 19.8 Å². The topological polar surface area (TPSA) is 26.3 Å². The molecule has 1 unspecified atom stereocenters. The van der Waals surface area contributed by atoms with Gasteiger partial charge in [-0.05, 0) is 17.7 Å². The summed E-state index contributed by atoms with van der Waals surface area (Å²) >= 11 is 0. The van der Waals surface area contributed by atoms with Gasteiger partial charge in [0.05, 0.1) is 6.67 Å². The van der Waals surface area contributed by atoms with Crippen molar-refractivity contribution in [1.82, 2.24) is 0 Å². The zero-order chi connectivity index (χ0) is 10.6. The summed E-state index contributed by atoms with van der Waals surface area (Å²) in [6.07, 6.45) is 0. The van der Waals surface area contributed by atoms with Gasteiger partial charge in [0.1, 0.15) is 5.75 Å². The number of ether oxygens (including phenoxy) is 1. The molecule has 0 spiro atoms. The first-order chi connectivity index (χ1) is 6.63.